The summed E-state index contributed by atoms with van der Waals surface area (Å²) in [6.07, 6.45) is 4.29. The number of nitrogens with one attached hydrogen (secondary N) is 5. The van der Waals surface area contributed by atoms with E-state index in [1.165, 1.54) is 0 Å². The van der Waals surface area contributed by atoms with Crippen LogP contribution in [0.15, 0.2) is 53.3 Å². The molecule has 1 amide bonds. The fourth-order valence-electron chi connectivity index (χ4n) is 5.30. The quantitative estimate of drug-likeness (QED) is 0.231. The number of aryl methyl sites for hydroxylation is 1. The largest absolute Gasteiger partial charge is 0.346 e. The number of carbonyl (C=O) groups is 1. The molecule has 7 N–H and O–H groups in total. The molecular weight excluding hydrogens is 466 g/mol. The monoisotopic (exact) mass is 499 g/mol. The molecule has 1 aliphatic carbocycles. The zero-order valence-corrected chi connectivity index (χ0v) is 20.9. The molecule has 1 fully saturated rings. The molecule has 2 aromatic heterocycles. The minimum atomic E-state index is -0.326. The minimum absolute atomic E-state index is 0.0142. The number of aromatic amines is 3. The molecule has 2 heterocycles. The Bertz CT molecular complexity index is 1510. The summed E-state index contributed by atoms with van der Waals surface area (Å²) in [4.78, 5) is 34.0. The summed E-state index contributed by atoms with van der Waals surface area (Å²) in [5.74, 6) is 1.23. The van der Waals surface area contributed by atoms with Crippen LogP contribution in [0.1, 0.15) is 48.8 Å². The normalized spacial score (nSPS) is 18.5. The fourth-order valence-corrected chi connectivity index (χ4v) is 5.30. The molecule has 9 heteroatoms. The SMILES string of the molecule is Cc1[nH]c(C(Cc2ccccc2)NC(=O)[C@H]2CC[C@H](CN)CC2)nc1-c1ccc2c(=N)[nH][nH]c(=O)c2c1. The van der Waals surface area contributed by atoms with Crippen LogP contribution >= 0.6 is 0 Å². The molecule has 0 spiro atoms. The number of rotatable bonds is 7. The maximum absolute atomic E-state index is 13.3. The second-order valence-electron chi connectivity index (χ2n) is 10.0. The molecule has 0 bridgehead atoms. The molecule has 0 aliphatic heterocycles. The van der Waals surface area contributed by atoms with Crippen LogP contribution < -0.4 is 22.1 Å². The van der Waals surface area contributed by atoms with Crippen molar-refractivity contribution in [1.29, 1.82) is 5.41 Å². The van der Waals surface area contributed by atoms with Gasteiger partial charge in [0, 0.05) is 22.6 Å². The summed E-state index contributed by atoms with van der Waals surface area (Å²) in [6.45, 7) is 2.62. The second kappa shape index (κ2) is 10.6. The van der Waals surface area contributed by atoms with E-state index in [4.69, 9.17) is 16.1 Å². The Morgan fingerprint density at radius 2 is 1.86 bits per heavy atom. The average molecular weight is 500 g/mol. The van der Waals surface area contributed by atoms with Gasteiger partial charge in [0.25, 0.3) is 5.56 Å². The van der Waals surface area contributed by atoms with Gasteiger partial charge in [0.15, 0.2) is 0 Å². The highest BCUT2D eigenvalue weighted by atomic mass is 16.2. The molecule has 37 heavy (non-hydrogen) atoms. The van der Waals surface area contributed by atoms with Crippen molar-refractivity contribution in [1.82, 2.24) is 25.5 Å². The number of imidazole rings is 1. The number of benzene rings is 2. The van der Waals surface area contributed by atoms with Gasteiger partial charge in [-0.2, -0.15) is 0 Å². The number of nitrogens with zero attached hydrogens (tertiary/aromatic N) is 1. The molecule has 192 valence electrons. The lowest BCUT2D eigenvalue weighted by atomic mass is 9.81. The van der Waals surface area contributed by atoms with Crippen LogP contribution in [-0.2, 0) is 11.2 Å². The first-order valence-electron chi connectivity index (χ1n) is 12.8. The van der Waals surface area contributed by atoms with Gasteiger partial charge in [-0.3, -0.25) is 25.2 Å². The molecule has 4 aromatic rings. The summed E-state index contributed by atoms with van der Waals surface area (Å²) in [5.41, 5.74) is 9.12. The highest BCUT2D eigenvalue weighted by Crippen LogP contribution is 2.30. The molecular formula is C28H33N7O2. The Morgan fingerprint density at radius 1 is 1.11 bits per heavy atom. The summed E-state index contributed by atoms with van der Waals surface area (Å²) < 4.78 is 0. The molecule has 9 nitrogen and oxygen atoms in total. The van der Waals surface area contributed by atoms with E-state index in [1.54, 1.807) is 12.1 Å². The Balaban J connectivity index is 1.45. The van der Waals surface area contributed by atoms with E-state index in [9.17, 15) is 9.59 Å². The van der Waals surface area contributed by atoms with Crippen molar-refractivity contribution in [3.05, 3.63) is 81.5 Å². The number of hydrogen-bond donors (Lipinski definition) is 6. The van der Waals surface area contributed by atoms with Crippen molar-refractivity contribution in [3.63, 3.8) is 0 Å². The van der Waals surface area contributed by atoms with Crippen molar-refractivity contribution in [2.24, 2.45) is 17.6 Å². The average Bonchev–Trinajstić information content (AvgIpc) is 3.32. The van der Waals surface area contributed by atoms with Crippen molar-refractivity contribution >= 4 is 16.7 Å². The van der Waals surface area contributed by atoms with Gasteiger partial charge in [0.2, 0.25) is 5.91 Å². The first-order valence-corrected chi connectivity index (χ1v) is 12.8. The van der Waals surface area contributed by atoms with E-state index in [0.717, 1.165) is 42.5 Å². The van der Waals surface area contributed by atoms with Crippen molar-refractivity contribution < 1.29 is 4.79 Å². The van der Waals surface area contributed by atoms with E-state index < -0.39 is 0 Å². The molecule has 0 radical (unpaired) electrons. The summed E-state index contributed by atoms with van der Waals surface area (Å²) in [6, 6.07) is 15.1. The smallest absolute Gasteiger partial charge is 0.270 e. The van der Waals surface area contributed by atoms with Crippen LogP contribution in [0.4, 0.5) is 0 Å². The maximum atomic E-state index is 13.3. The van der Waals surface area contributed by atoms with Gasteiger partial charge in [-0.05, 0) is 69.2 Å². The lowest BCUT2D eigenvalue weighted by molar-refractivity contribution is -0.127. The number of amides is 1. The number of nitrogens with two attached hydrogens (primary N) is 1. The molecule has 0 saturated heterocycles. The van der Waals surface area contributed by atoms with E-state index >= 15 is 0 Å². The van der Waals surface area contributed by atoms with Crippen molar-refractivity contribution in [2.45, 2.75) is 45.1 Å². The standard InChI is InChI=1S/C28H33N7O2/c1-16-24(20-11-12-21-22(14-20)28(37)35-34-25(21)30)33-26(31-16)23(13-17-5-3-2-4-6-17)32-27(36)19-9-7-18(15-29)8-10-19/h2-6,11-12,14,18-19,23H,7-10,13,15,29H2,1H3,(H2,30,34)(H,31,33)(H,32,36)(H,35,37)/t18-,19-,23?. The van der Waals surface area contributed by atoms with Crippen LogP contribution in [0.5, 0.6) is 0 Å². The highest BCUT2D eigenvalue weighted by molar-refractivity contribution is 5.85. The van der Waals surface area contributed by atoms with Gasteiger partial charge in [-0.25, -0.2) is 4.98 Å². The van der Waals surface area contributed by atoms with Gasteiger partial charge in [-0.15, -0.1) is 0 Å². The number of hydrogen-bond acceptors (Lipinski definition) is 5. The van der Waals surface area contributed by atoms with Crippen molar-refractivity contribution in [3.8, 4) is 11.3 Å². The van der Waals surface area contributed by atoms with Crippen LogP contribution in [-0.4, -0.2) is 32.6 Å². The predicted octanol–water partition coefficient (Wildman–Crippen LogP) is 3.20. The zero-order chi connectivity index (χ0) is 25.9. The Morgan fingerprint density at radius 3 is 2.59 bits per heavy atom. The molecule has 1 atom stereocenters. The van der Waals surface area contributed by atoms with E-state index in [2.05, 4.69) is 20.5 Å². The highest BCUT2D eigenvalue weighted by Gasteiger charge is 2.29. The lowest BCUT2D eigenvalue weighted by Crippen LogP contribution is -2.37. The van der Waals surface area contributed by atoms with Crippen molar-refractivity contribution in [2.75, 3.05) is 6.54 Å². The first kappa shape index (κ1) is 24.7. The van der Waals surface area contributed by atoms with Crippen LogP contribution in [0.25, 0.3) is 22.0 Å². The summed E-state index contributed by atoms with van der Waals surface area (Å²) >= 11 is 0. The minimum Gasteiger partial charge on any atom is -0.346 e. The second-order valence-corrected chi connectivity index (χ2v) is 10.0. The topological polar surface area (TPSA) is 156 Å². The summed E-state index contributed by atoms with van der Waals surface area (Å²) in [7, 11) is 0. The molecule has 1 unspecified atom stereocenters. The molecule has 5 rings (SSSR count). The number of aromatic nitrogens is 4. The Hall–Kier alpha value is -3.98. The third-order valence-electron chi connectivity index (χ3n) is 7.49. The van der Waals surface area contributed by atoms with Gasteiger partial charge in [0.1, 0.15) is 11.3 Å². The van der Waals surface area contributed by atoms with Gasteiger partial charge >= 0.3 is 0 Å². The Labute approximate surface area is 214 Å². The van der Waals surface area contributed by atoms with E-state index in [-0.39, 0.29) is 28.9 Å². The molecule has 1 saturated carbocycles. The van der Waals surface area contributed by atoms with Gasteiger partial charge in [0.05, 0.1) is 17.1 Å². The van der Waals surface area contributed by atoms with E-state index in [0.29, 0.717) is 41.2 Å². The van der Waals surface area contributed by atoms with E-state index in [1.807, 2.05) is 43.3 Å². The molecule has 1 aliphatic rings. The third-order valence-corrected chi connectivity index (χ3v) is 7.49. The van der Waals surface area contributed by atoms with Crippen LogP contribution in [0.3, 0.4) is 0 Å². The molecule has 2 aromatic carbocycles. The Kier molecular flexibility index (Phi) is 7.05. The first-order chi connectivity index (χ1) is 17.9. The van der Waals surface area contributed by atoms with Crippen LogP contribution in [0, 0.1) is 24.2 Å². The third kappa shape index (κ3) is 5.27. The predicted molar refractivity (Wildman–Crippen MR) is 143 cm³/mol. The zero-order valence-electron chi connectivity index (χ0n) is 20.9. The number of H-pyrrole nitrogens is 3. The number of fused-ring (bicyclic) bond motifs is 1. The van der Waals surface area contributed by atoms with Gasteiger partial charge < -0.3 is 16.0 Å². The van der Waals surface area contributed by atoms with Crippen LogP contribution in [0.2, 0.25) is 0 Å². The number of carbonyl (C=O) groups excluding carboxylic acids is 1. The fraction of sp³-hybridized carbons (Fsp3) is 0.357. The van der Waals surface area contributed by atoms with Gasteiger partial charge in [-0.1, -0.05) is 36.4 Å². The summed E-state index contributed by atoms with van der Waals surface area (Å²) in [5, 5.41) is 17.3. The maximum Gasteiger partial charge on any atom is 0.270 e. The lowest BCUT2D eigenvalue weighted by Gasteiger charge is -2.28.